The average molecular weight is 432 g/mol. The molecule has 1 aliphatic rings. The summed E-state index contributed by atoms with van der Waals surface area (Å²) in [5, 5.41) is 2.97. The van der Waals surface area contributed by atoms with Crippen LogP contribution in [0.5, 0.6) is 5.75 Å². The zero-order valence-corrected chi connectivity index (χ0v) is 17.8. The molecule has 0 spiro atoms. The highest BCUT2D eigenvalue weighted by molar-refractivity contribution is 5.97. The SMILES string of the molecule is COc1ccc(N2C(=O)CC[C@H](C(=O)NCc3ccc(F)cc3)[C@@H]2c2ccccc2)cc1. The molecule has 1 heterocycles. The van der Waals surface area contributed by atoms with Gasteiger partial charge in [-0.2, -0.15) is 0 Å². The molecule has 2 amide bonds. The van der Waals surface area contributed by atoms with E-state index in [1.54, 1.807) is 24.1 Å². The minimum absolute atomic E-state index is 0.0217. The van der Waals surface area contributed by atoms with Gasteiger partial charge in [-0.05, 0) is 53.9 Å². The summed E-state index contributed by atoms with van der Waals surface area (Å²) >= 11 is 0. The molecular weight excluding hydrogens is 407 g/mol. The van der Waals surface area contributed by atoms with Crippen molar-refractivity contribution in [2.24, 2.45) is 5.92 Å². The molecule has 3 aromatic carbocycles. The number of hydrogen-bond acceptors (Lipinski definition) is 3. The molecule has 32 heavy (non-hydrogen) atoms. The van der Waals surface area contributed by atoms with E-state index in [-0.39, 0.29) is 24.1 Å². The number of carbonyl (C=O) groups excluding carboxylic acids is 2. The lowest BCUT2D eigenvalue weighted by Gasteiger charge is -2.41. The maximum Gasteiger partial charge on any atom is 0.227 e. The van der Waals surface area contributed by atoms with Gasteiger partial charge in [-0.15, -0.1) is 0 Å². The summed E-state index contributed by atoms with van der Waals surface area (Å²) in [5.41, 5.74) is 2.44. The van der Waals surface area contributed by atoms with Gasteiger partial charge in [0.15, 0.2) is 0 Å². The van der Waals surface area contributed by atoms with Gasteiger partial charge in [-0.3, -0.25) is 9.59 Å². The van der Waals surface area contributed by atoms with Crippen LogP contribution in [0.3, 0.4) is 0 Å². The van der Waals surface area contributed by atoms with Crippen molar-refractivity contribution in [3.8, 4) is 5.75 Å². The standard InChI is InChI=1S/C26H25FN2O3/c1-32-22-13-11-21(12-14-22)29-24(30)16-15-23(25(29)19-5-3-2-4-6-19)26(31)28-17-18-7-9-20(27)10-8-18/h2-14,23,25H,15-17H2,1H3,(H,28,31)/t23-,25-/m0/s1. The van der Waals surface area contributed by atoms with E-state index in [2.05, 4.69) is 5.32 Å². The van der Waals surface area contributed by atoms with Crippen molar-refractivity contribution in [1.29, 1.82) is 0 Å². The number of methoxy groups -OCH3 is 1. The van der Waals surface area contributed by atoms with E-state index in [1.165, 1.54) is 12.1 Å². The van der Waals surface area contributed by atoms with Gasteiger partial charge in [-0.25, -0.2) is 4.39 Å². The molecule has 5 nitrogen and oxygen atoms in total. The molecule has 0 radical (unpaired) electrons. The Hall–Kier alpha value is -3.67. The van der Waals surface area contributed by atoms with Crippen LogP contribution in [0.1, 0.15) is 30.0 Å². The quantitative estimate of drug-likeness (QED) is 0.618. The number of piperidine rings is 1. The lowest BCUT2D eigenvalue weighted by atomic mass is 9.83. The minimum atomic E-state index is -0.431. The first-order valence-corrected chi connectivity index (χ1v) is 10.6. The fourth-order valence-corrected chi connectivity index (χ4v) is 4.17. The molecule has 3 aromatic rings. The number of amides is 2. The van der Waals surface area contributed by atoms with Crippen LogP contribution in [0.15, 0.2) is 78.9 Å². The van der Waals surface area contributed by atoms with Crippen LogP contribution in [-0.4, -0.2) is 18.9 Å². The molecule has 0 unspecified atom stereocenters. The van der Waals surface area contributed by atoms with Crippen molar-refractivity contribution in [1.82, 2.24) is 5.32 Å². The number of rotatable bonds is 6. The van der Waals surface area contributed by atoms with Crippen molar-refractivity contribution in [3.05, 3.63) is 95.8 Å². The fraction of sp³-hybridized carbons (Fsp3) is 0.231. The van der Waals surface area contributed by atoms with Gasteiger partial charge in [-0.1, -0.05) is 42.5 Å². The predicted molar refractivity (Wildman–Crippen MR) is 121 cm³/mol. The minimum Gasteiger partial charge on any atom is -0.497 e. The van der Waals surface area contributed by atoms with E-state index in [0.717, 1.165) is 16.8 Å². The summed E-state index contributed by atoms with van der Waals surface area (Å²) in [6, 6.07) is 22.5. The Balaban J connectivity index is 1.63. The molecule has 2 atom stereocenters. The van der Waals surface area contributed by atoms with E-state index < -0.39 is 12.0 Å². The topological polar surface area (TPSA) is 58.6 Å². The Bertz CT molecular complexity index is 1070. The molecule has 4 rings (SSSR count). The third-order valence-electron chi connectivity index (χ3n) is 5.81. The van der Waals surface area contributed by atoms with Gasteiger partial charge < -0.3 is 15.0 Å². The zero-order chi connectivity index (χ0) is 22.5. The van der Waals surface area contributed by atoms with Crippen molar-refractivity contribution in [2.75, 3.05) is 12.0 Å². The monoisotopic (exact) mass is 432 g/mol. The van der Waals surface area contributed by atoms with Crippen LogP contribution in [0.4, 0.5) is 10.1 Å². The molecule has 1 fully saturated rings. The summed E-state index contributed by atoms with van der Waals surface area (Å²) in [6.45, 7) is 0.299. The maximum atomic E-state index is 13.3. The number of benzene rings is 3. The van der Waals surface area contributed by atoms with Crippen LogP contribution < -0.4 is 15.0 Å². The van der Waals surface area contributed by atoms with Gasteiger partial charge in [0.05, 0.1) is 19.1 Å². The molecule has 1 saturated heterocycles. The molecule has 0 aromatic heterocycles. The molecule has 6 heteroatoms. The van der Waals surface area contributed by atoms with Crippen LogP contribution in [-0.2, 0) is 16.1 Å². The Labute approximate surface area is 186 Å². The second-order valence-corrected chi connectivity index (χ2v) is 7.81. The Morgan fingerprint density at radius 1 is 1.03 bits per heavy atom. The first-order chi connectivity index (χ1) is 15.6. The smallest absolute Gasteiger partial charge is 0.227 e. The number of halogens is 1. The summed E-state index contributed by atoms with van der Waals surface area (Å²) < 4.78 is 18.4. The molecule has 0 saturated carbocycles. The van der Waals surface area contributed by atoms with Gasteiger partial charge in [0, 0.05) is 18.7 Å². The fourth-order valence-electron chi connectivity index (χ4n) is 4.17. The van der Waals surface area contributed by atoms with E-state index >= 15 is 0 Å². The number of hydrogen-bond donors (Lipinski definition) is 1. The number of nitrogens with zero attached hydrogens (tertiary/aromatic N) is 1. The maximum absolute atomic E-state index is 13.3. The van der Waals surface area contributed by atoms with Crippen molar-refractivity contribution < 1.29 is 18.7 Å². The third-order valence-corrected chi connectivity index (χ3v) is 5.81. The normalized spacial score (nSPS) is 18.3. The molecule has 0 aliphatic carbocycles. The number of anilines is 1. The molecule has 1 aliphatic heterocycles. The summed E-state index contributed by atoms with van der Waals surface area (Å²) in [6.07, 6.45) is 0.740. The van der Waals surface area contributed by atoms with E-state index in [0.29, 0.717) is 18.7 Å². The Morgan fingerprint density at radius 3 is 2.38 bits per heavy atom. The second kappa shape index (κ2) is 9.64. The first-order valence-electron chi connectivity index (χ1n) is 10.6. The number of nitrogens with one attached hydrogen (secondary N) is 1. The van der Waals surface area contributed by atoms with E-state index in [1.807, 2.05) is 54.6 Å². The van der Waals surface area contributed by atoms with Gasteiger partial charge in [0.1, 0.15) is 11.6 Å². The van der Waals surface area contributed by atoms with Gasteiger partial charge in [0.2, 0.25) is 11.8 Å². The van der Waals surface area contributed by atoms with Crippen molar-refractivity contribution >= 4 is 17.5 Å². The predicted octanol–water partition coefficient (Wildman–Crippen LogP) is 4.64. The van der Waals surface area contributed by atoms with E-state index in [9.17, 15) is 14.0 Å². The Kier molecular flexibility index (Phi) is 6.50. The molecule has 164 valence electrons. The summed E-state index contributed by atoms with van der Waals surface area (Å²) in [7, 11) is 1.59. The largest absolute Gasteiger partial charge is 0.497 e. The van der Waals surface area contributed by atoms with Crippen LogP contribution in [0.2, 0.25) is 0 Å². The van der Waals surface area contributed by atoms with Gasteiger partial charge >= 0.3 is 0 Å². The average Bonchev–Trinajstić information content (AvgIpc) is 2.84. The number of ether oxygens (including phenoxy) is 1. The zero-order valence-electron chi connectivity index (χ0n) is 17.8. The molecule has 1 N–H and O–H groups in total. The lowest BCUT2D eigenvalue weighted by molar-refractivity contribution is -0.129. The van der Waals surface area contributed by atoms with E-state index in [4.69, 9.17) is 4.74 Å². The first kappa shape index (κ1) is 21.6. The lowest BCUT2D eigenvalue weighted by Crippen LogP contribution is -2.48. The number of carbonyl (C=O) groups is 2. The highest BCUT2D eigenvalue weighted by Crippen LogP contribution is 2.40. The summed E-state index contributed by atoms with van der Waals surface area (Å²) in [5.74, 6) is -0.188. The van der Waals surface area contributed by atoms with Crippen molar-refractivity contribution in [2.45, 2.75) is 25.4 Å². The van der Waals surface area contributed by atoms with Crippen LogP contribution in [0, 0.1) is 11.7 Å². The summed E-state index contributed by atoms with van der Waals surface area (Å²) in [4.78, 5) is 28.0. The van der Waals surface area contributed by atoms with Crippen LogP contribution >= 0.6 is 0 Å². The van der Waals surface area contributed by atoms with Crippen molar-refractivity contribution in [3.63, 3.8) is 0 Å². The molecular formula is C26H25FN2O3. The highest BCUT2D eigenvalue weighted by atomic mass is 19.1. The van der Waals surface area contributed by atoms with Gasteiger partial charge in [0.25, 0.3) is 0 Å². The second-order valence-electron chi connectivity index (χ2n) is 7.81. The molecule has 0 bridgehead atoms. The highest BCUT2D eigenvalue weighted by Gasteiger charge is 2.41. The van der Waals surface area contributed by atoms with Crippen LogP contribution in [0.25, 0.3) is 0 Å². The third kappa shape index (κ3) is 4.64. The Morgan fingerprint density at radius 2 is 1.72 bits per heavy atom.